The third-order valence-electron chi connectivity index (χ3n) is 7.35. The highest BCUT2D eigenvalue weighted by Gasteiger charge is 2.22. The van der Waals surface area contributed by atoms with Crippen molar-refractivity contribution in [1.82, 2.24) is 4.98 Å². The summed E-state index contributed by atoms with van der Waals surface area (Å²) in [7, 11) is 0. The minimum atomic E-state index is -0.193. The lowest BCUT2D eigenvalue weighted by molar-refractivity contribution is 0.445. The third-order valence-corrected chi connectivity index (χ3v) is 7.35. The fourth-order valence-corrected chi connectivity index (χ4v) is 5.55. The SMILES string of the molecule is CC(C)c1cc(-c2ncc(C3CCCCC3)c3cc(F)ccc23)c2oc3ccccc3c2c1. The van der Waals surface area contributed by atoms with Gasteiger partial charge in [-0.1, -0.05) is 51.3 Å². The van der Waals surface area contributed by atoms with Gasteiger partial charge >= 0.3 is 0 Å². The lowest BCUT2D eigenvalue weighted by Crippen LogP contribution is -2.06. The molecule has 166 valence electrons. The summed E-state index contributed by atoms with van der Waals surface area (Å²) in [6.45, 7) is 4.42. The molecule has 33 heavy (non-hydrogen) atoms. The molecule has 0 spiro atoms. The first-order valence-electron chi connectivity index (χ1n) is 12.1. The molecule has 3 heteroatoms. The van der Waals surface area contributed by atoms with E-state index in [0.29, 0.717) is 11.8 Å². The van der Waals surface area contributed by atoms with Gasteiger partial charge in [0.15, 0.2) is 0 Å². The quantitative estimate of drug-likeness (QED) is 0.281. The first-order valence-corrected chi connectivity index (χ1v) is 12.1. The molecule has 1 saturated carbocycles. The van der Waals surface area contributed by atoms with E-state index in [0.717, 1.165) is 56.8 Å². The molecule has 0 atom stereocenters. The van der Waals surface area contributed by atoms with Gasteiger partial charge in [-0.05, 0) is 77.6 Å². The fraction of sp³-hybridized carbons (Fsp3) is 0.300. The van der Waals surface area contributed by atoms with E-state index in [9.17, 15) is 4.39 Å². The lowest BCUT2D eigenvalue weighted by Gasteiger charge is -2.24. The average molecular weight is 438 g/mol. The molecule has 2 nitrogen and oxygen atoms in total. The summed E-state index contributed by atoms with van der Waals surface area (Å²) >= 11 is 0. The van der Waals surface area contributed by atoms with Crippen LogP contribution in [-0.2, 0) is 0 Å². The van der Waals surface area contributed by atoms with E-state index in [1.807, 2.05) is 24.4 Å². The Morgan fingerprint density at radius 2 is 1.70 bits per heavy atom. The molecule has 0 amide bonds. The number of para-hydroxylation sites is 1. The fourth-order valence-electron chi connectivity index (χ4n) is 5.55. The minimum Gasteiger partial charge on any atom is -0.455 e. The van der Waals surface area contributed by atoms with Gasteiger partial charge in [-0.3, -0.25) is 4.98 Å². The molecule has 2 heterocycles. The number of aromatic nitrogens is 1. The van der Waals surface area contributed by atoms with Crippen LogP contribution in [0.1, 0.15) is 68.9 Å². The Morgan fingerprint density at radius 1 is 0.879 bits per heavy atom. The van der Waals surface area contributed by atoms with Crippen molar-refractivity contribution in [1.29, 1.82) is 0 Å². The molecule has 1 aliphatic carbocycles. The molecule has 0 N–H and O–H groups in total. The van der Waals surface area contributed by atoms with Crippen LogP contribution in [0.5, 0.6) is 0 Å². The number of hydrogen-bond acceptors (Lipinski definition) is 2. The maximum Gasteiger partial charge on any atom is 0.144 e. The van der Waals surface area contributed by atoms with Crippen LogP contribution in [0.3, 0.4) is 0 Å². The maximum absolute atomic E-state index is 14.4. The first-order chi connectivity index (χ1) is 16.1. The highest BCUT2D eigenvalue weighted by Crippen LogP contribution is 2.42. The number of fused-ring (bicyclic) bond motifs is 4. The van der Waals surface area contributed by atoms with Crippen LogP contribution in [0.2, 0.25) is 0 Å². The van der Waals surface area contributed by atoms with Crippen LogP contribution in [0, 0.1) is 5.82 Å². The molecule has 0 unspecified atom stereocenters. The summed E-state index contributed by atoms with van der Waals surface area (Å²) in [5.74, 6) is 0.631. The summed E-state index contributed by atoms with van der Waals surface area (Å²) in [6, 6.07) is 17.8. The Hall–Kier alpha value is -3.20. The van der Waals surface area contributed by atoms with Gasteiger partial charge in [0.05, 0.1) is 5.69 Å². The number of rotatable bonds is 3. The number of furan rings is 1. The van der Waals surface area contributed by atoms with Crippen LogP contribution < -0.4 is 0 Å². The molecule has 1 fully saturated rings. The molecule has 0 saturated heterocycles. The Morgan fingerprint density at radius 3 is 2.52 bits per heavy atom. The third kappa shape index (κ3) is 3.42. The van der Waals surface area contributed by atoms with Gasteiger partial charge < -0.3 is 4.42 Å². The second-order valence-electron chi connectivity index (χ2n) is 9.79. The second-order valence-corrected chi connectivity index (χ2v) is 9.79. The molecule has 0 radical (unpaired) electrons. The van der Waals surface area contributed by atoms with Crippen molar-refractivity contribution >= 4 is 32.7 Å². The van der Waals surface area contributed by atoms with E-state index < -0.39 is 0 Å². The minimum absolute atomic E-state index is 0.193. The summed E-state index contributed by atoms with van der Waals surface area (Å²) in [5, 5.41) is 4.22. The van der Waals surface area contributed by atoms with Crippen LogP contribution in [0.15, 0.2) is 65.2 Å². The molecule has 0 bridgehead atoms. The summed E-state index contributed by atoms with van der Waals surface area (Å²) < 4.78 is 20.8. The normalized spacial score (nSPS) is 15.3. The highest BCUT2D eigenvalue weighted by molar-refractivity contribution is 6.12. The molecule has 2 aromatic heterocycles. The van der Waals surface area contributed by atoms with Crippen LogP contribution in [-0.4, -0.2) is 4.98 Å². The largest absolute Gasteiger partial charge is 0.455 e. The topological polar surface area (TPSA) is 26.0 Å². The summed E-state index contributed by atoms with van der Waals surface area (Å²) in [5.41, 5.74) is 6.02. The first kappa shape index (κ1) is 20.4. The smallest absolute Gasteiger partial charge is 0.144 e. The molecular formula is C30H28FNO. The predicted molar refractivity (Wildman–Crippen MR) is 134 cm³/mol. The van der Waals surface area contributed by atoms with Crippen molar-refractivity contribution in [3.05, 3.63) is 77.7 Å². The summed E-state index contributed by atoms with van der Waals surface area (Å²) in [4.78, 5) is 5.02. The zero-order valence-corrected chi connectivity index (χ0v) is 19.2. The van der Waals surface area contributed by atoms with Crippen molar-refractivity contribution in [2.24, 2.45) is 0 Å². The van der Waals surface area contributed by atoms with Gasteiger partial charge in [-0.25, -0.2) is 4.39 Å². The predicted octanol–water partition coefficient (Wildman–Crippen LogP) is 9.11. The Balaban J connectivity index is 1.66. The van der Waals surface area contributed by atoms with Crippen LogP contribution in [0.25, 0.3) is 44.0 Å². The highest BCUT2D eigenvalue weighted by atomic mass is 19.1. The number of benzene rings is 3. The van der Waals surface area contributed by atoms with E-state index in [2.05, 4.69) is 38.1 Å². The molecule has 0 aliphatic heterocycles. The number of hydrogen-bond donors (Lipinski definition) is 0. The van der Waals surface area contributed by atoms with E-state index in [1.165, 1.54) is 30.4 Å². The zero-order chi connectivity index (χ0) is 22.5. The lowest BCUT2D eigenvalue weighted by atomic mass is 9.82. The molecule has 1 aliphatic rings. The molecule has 5 aromatic rings. The van der Waals surface area contributed by atoms with Crippen LogP contribution >= 0.6 is 0 Å². The second kappa shape index (κ2) is 7.98. The van der Waals surface area contributed by atoms with E-state index in [-0.39, 0.29) is 5.82 Å². The van der Waals surface area contributed by atoms with E-state index >= 15 is 0 Å². The van der Waals surface area contributed by atoms with Crippen molar-refractivity contribution in [3.8, 4) is 11.3 Å². The van der Waals surface area contributed by atoms with Crippen LogP contribution in [0.4, 0.5) is 4.39 Å². The Kier molecular flexibility index (Phi) is 4.94. The Labute approximate surface area is 193 Å². The number of halogens is 1. The van der Waals surface area contributed by atoms with E-state index in [4.69, 9.17) is 9.40 Å². The van der Waals surface area contributed by atoms with Crippen molar-refractivity contribution in [3.63, 3.8) is 0 Å². The number of pyridine rings is 1. The molecular weight excluding hydrogens is 409 g/mol. The van der Waals surface area contributed by atoms with Gasteiger partial charge in [0.2, 0.25) is 0 Å². The standard InChI is InChI=1S/C30H28FNO/c1-18(2)20-14-25-22-10-6-7-11-28(22)33-30(25)26(15-20)29-23-13-12-21(31)16-24(23)27(17-32-29)19-8-4-3-5-9-19/h6-7,10-19H,3-5,8-9H2,1-2H3. The number of nitrogens with zero attached hydrogens (tertiary/aromatic N) is 1. The average Bonchev–Trinajstić information content (AvgIpc) is 3.22. The van der Waals surface area contributed by atoms with E-state index in [1.54, 1.807) is 12.1 Å². The molecule has 3 aromatic carbocycles. The van der Waals surface area contributed by atoms with Gasteiger partial charge in [0, 0.05) is 27.9 Å². The van der Waals surface area contributed by atoms with Gasteiger partial charge in [0.25, 0.3) is 0 Å². The monoisotopic (exact) mass is 437 g/mol. The maximum atomic E-state index is 14.4. The van der Waals surface area contributed by atoms with Crippen molar-refractivity contribution in [2.75, 3.05) is 0 Å². The molecule has 6 rings (SSSR count). The van der Waals surface area contributed by atoms with Crippen molar-refractivity contribution in [2.45, 2.75) is 57.8 Å². The summed E-state index contributed by atoms with van der Waals surface area (Å²) in [6.07, 6.45) is 8.08. The van der Waals surface area contributed by atoms with Gasteiger partial charge in [-0.15, -0.1) is 0 Å². The van der Waals surface area contributed by atoms with Crippen molar-refractivity contribution < 1.29 is 8.81 Å². The van der Waals surface area contributed by atoms with Gasteiger partial charge in [-0.2, -0.15) is 0 Å². The Bertz CT molecular complexity index is 1490. The zero-order valence-electron chi connectivity index (χ0n) is 19.2. The van der Waals surface area contributed by atoms with Gasteiger partial charge in [0.1, 0.15) is 17.0 Å².